The Labute approximate surface area is 116 Å². The Balaban J connectivity index is 2.00. The molecule has 0 saturated carbocycles. The molecule has 1 aliphatic rings. The van der Waals surface area contributed by atoms with Crippen LogP contribution in [-0.2, 0) is 0 Å². The van der Waals surface area contributed by atoms with E-state index in [0.29, 0.717) is 6.04 Å². The Morgan fingerprint density at radius 1 is 1.41 bits per heavy atom. The highest BCUT2D eigenvalue weighted by Gasteiger charge is 2.19. The molecule has 0 bridgehead atoms. The maximum absolute atomic E-state index is 6.27. The first-order valence-corrected chi connectivity index (χ1v) is 7.31. The molecule has 1 aliphatic heterocycles. The molecule has 0 amide bonds. The molecule has 1 fully saturated rings. The van der Waals surface area contributed by atoms with Gasteiger partial charge in [0.25, 0.3) is 0 Å². The van der Waals surface area contributed by atoms with Crippen molar-refractivity contribution in [1.29, 1.82) is 0 Å². The van der Waals surface area contributed by atoms with Crippen LogP contribution in [-0.4, -0.2) is 25.7 Å². The predicted octanol–water partition coefficient (Wildman–Crippen LogP) is 3.68. The van der Waals surface area contributed by atoms with Crippen LogP contribution < -0.4 is 10.2 Å². The van der Waals surface area contributed by atoms with Gasteiger partial charge in [0.05, 0.1) is 10.7 Å². The predicted molar refractivity (Wildman–Crippen MR) is 78.1 cm³/mol. The highest BCUT2D eigenvalue weighted by atomic mass is 79.9. The summed E-state index contributed by atoms with van der Waals surface area (Å²) < 4.78 is 1.04. The van der Waals surface area contributed by atoms with E-state index in [9.17, 15) is 0 Å². The van der Waals surface area contributed by atoms with Gasteiger partial charge in [-0.2, -0.15) is 0 Å². The van der Waals surface area contributed by atoms with Crippen LogP contribution in [0.25, 0.3) is 0 Å². The maximum atomic E-state index is 6.27. The van der Waals surface area contributed by atoms with Gasteiger partial charge in [0.2, 0.25) is 0 Å². The van der Waals surface area contributed by atoms with E-state index in [1.807, 2.05) is 6.07 Å². The third kappa shape index (κ3) is 3.36. The molecule has 0 aromatic heterocycles. The molecule has 0 unspecified atom stereocenters. The molecule has 1 N–H and O–H groups in total. The number of piperidine rings is 1. The fourth-order valence-corrected chi connectivity index (χ4v) is 3.14. The molecular formula is C13H18BrClN2. The van der Waals surface area contributed by atoms with E-state index in [1.165, 1.54) is 12.8 Å². The lowest BCUT2D eigenvalue weighted by atomic mass is 10.0. The van der Waals surface area contributed by atoms with Crippen LogP contribution in [0.3, 0.4) is 0 Å². The summed E-state index contributed by atoms with van der Waals surface area (Å²) in [6.07, 6.45) is 2.39. The molecular weight excluding hydrogens is 300 g/mol. The summed E-state index contributed by atoms with van der Waals surface area (Å²) in [4.78, 5) is 2.38. The van der Waals surface area contributed by atoms with Crippen molar-refractivity contribution in [3.8, 4) is 0 Å². The van der Waals surface area contributed by atoms with Gasteiger partial charge in [-0.05, 0) is 37.6 Å². The lowest BCUT2D eigenvalue weighted by molar-refractivity contribution is 0.424. The second kappa shape index (κ2) is 6.07. The zero-order valence-electron chi connectivity index (χ0n) is 10.0. The second-order valence-corrected chi connectivity index (χ2v) is 5.74. The first-order chi connectivity index (χ1) is 8.20. The summed E-state index contributed by atoms with van der Waals surface area (Å²) in [6.45, 7) is 5.39. The molecule has 0 aliphatic carbocycles. The van der Waals surface area contributed by atoms with Crippen molar-refractivity contribution < 1.29 is 0 Å². The number of hydrogen-bond acceptors (Lipinski definition) is 2. The summed E-state index contributed by atoms with van der Waals surface area (Å²) >= 11 is 9.71. The number of nitrogens with one attached hydrogen (secondary N) is 1. The third-order valence-electron chi connectivity index (χ3n) is 3.24. The highest BCUT2D eigenvalue weighted by molar-refractivity contribution is 9.10. The van der Waals surface area contributed by atoms with Crippen LogP contribution in [0.1, 0.15) is 19.8 Å². The Hall–Kier alpha value is -0.250. The molecule has 2 nitrogen and oxygen atoms in total. The number of rotatable bonds is 3. The van der Waals surface area contributed by atoms with Crippen molar-refractivity contribution in [3.63, 3.8) is 0 Å². The molecule has 0 radical (unpaired) electrons. The van der Waals surface area contributed by atoms with Crippen molar-refractivity contribution >= 4 is 33.2 Å². The molecule has 1 saturated heterocycles. The SMILES string of the molecule is CCNC1CCN(c2ccc(Br)cc2Cl)CC1. The number of benzene rings is 1. The molecule has 0 spiro atoms. The maximum Gasteiger partial charge on any atom is 0.0650 e. The van der Waals surface area contributed by atoms with Crippen molar-refractivity contribution in [1.82, 2.24) is 5.32 Å². The second-order valence-electron chi connectivity index (χ2n) is 4.41. The van der Waals surface area contributed by atoms with Crippen LogP contribution >= 0.6 is 27.5 Å². The first-order valence-electron chi connectivity index (χ1n) is 6.14. The van der Waals surface area contributed by atoms with E-state index in [-0.39, 0.29) is 0 Å². The number of nitrogens with zero attached hydrogens (tertiary/aromatic N) is 1. The van der Waals surface area contributed by atoms with E-state index in [4.69, 9.17) is 11.6 Å². The normalized spacial score (nSPS) is 17.5. The van der Waals surface area contributed by atoms with Gasteiger partial charge in [-0.25, -0.2) is 0 Å². The largest absolute Gasteiger partial charge is 0.370 e. The minimum absolute atomic E-state index is 0.672. The van der Waals surface area contributed by atoms with Crippen molar-refractivity contribution in [2.45, 2.75) is 25.8 Å². The third-order valence-corrected chi connectivity index (χ3v) is 4.03. The summed E-state index contributed by atoms with van der Waals surface area (Å²) in [6, 6.07) is 6.79. The number of hydrogen-bond donors (Lipinski definition) is 1. The molecule has 17 heavy (non-hydrogen) atoms. The highest BCUT2D eigenvalue weighted by Crippen LogP contribution is 2.30. The van der Waals surface area contributed by atoms with E-state index in [1.54, 1.807) is 0 Å². The first kappa shape index (κ1) is 13.2. The molecule has 4 heteroatoms. The smallest absolute Gasteiger partial charge is 0.0650 e. The zero-order valence-corrected chi connectivity index (χ0v) is 12.4. The van der Waals surface area contributed by atoms with Gasteiger partial charge >= 0.3 is 0 Å². The van der Waals surface area contributed by atoms with Gasteiger partial charge in [0, 0.05) is 23.6 Å². The van der Waals surface area contributed by atoms with Gasteiger partial charge in [0.1, 0.15) is 0 Å². The van der Waals surface area contributed by atoms with E-state index in [0.717, 1.165) is 34.8 Å². The molecule has 1 aromatic rings. The molecule has 2 rings (SSSR count). The summed E-state index contributed by atoms with van der Waals surface area (Å²) in [5.41, 5.74) is 1.16. The Morgan fingerprint density at radius 3 is 2.71 bits per heavy atom. The van der Waals surface area contributed by atoms with Crippen LogP contribution in [0.4, 0.5) is 5.69 Å². The Kier molecular flexibility index (Phi) is 4.71. The van der Waals surface area contributed by atoms with E-state index >= 15 is 0 Å². The van der Waals surface area contributed by atoms with E-state index < -0.39 is 0 Å². The van der Waals surface area contributed by atoms with Crippen LogP contribution in [0.15, 0.2) is 22.7 Å². The number of halogens is 2. The summed E-state index contributed by atoms with van der Waals surface area (Å²) in [5, 5.41) is 4.35. The molecule has 1 aromatic carbocycles. The van der Waals surface area contributed by atoms with Gasteiger partial charge in [0.15, 0.2) is 0 Å². The fraction of sp³-hybridized carbons (Fsp3) is 0.538. The van der Waals surface area contributed by atoms with E-state index in [2.05, 4.69) is 45.2 Å². The van der Waals surface area contributed by atoms with Gasteiger partial charge in [-0.15, -0.1) is 0 Å². The average molecular weight is 318 g/mol. The molecule has 1 heterocycles. The van der Waals surface area contributed by atoms with Crippen molar-refractivity contribution in [2.24, 2.45) is 0 Å². The Morgan fingerprint density at radius 2 is 2.12 bits per heavy atom. The van der Waals surface area contributed by atoms with Gasteiger partial charge < -0.3 is 10.2 Å². The lowest BCUT2D eigenvalue weighted by Crippen LogP contribution is -2.42. The molecule has 94 valence electrons. The quantitative estimate of drug-likeness (QED) is 0.915. The monoisotopic (exact) mass is 316 g/mol. The minimum Gasteiger partial charge on any atom is -0.370 e. The average Bonchev–Trinajstić information content (AvgIpc) is 2.31. The standard InChI is InChI=1S/C13H18BrClN2/c1-2-16-11-5-7-17(8-6-11)13-4-3-10(14)9-12(13)15/h3-4,9,11,16H,2,5-8H2,1H3. The van der Waals surface area contributed by atoms with Gasteiger partial charge in [-0.1, -0.05) is 34.5 Å². The minimum atomic E-state index is 0.672. The topological polar surface area (TPSA) is 15.3 Å². The van der Waals surface area contributed by atoms with Crippen LogP contribution in [0, 0.1) is 0 Å². The Bertz CT molecular complexity index is 376. The molecule has 0 atom stereocenters. The summed E-state index contributed by atoms with van der Waals surface area (Å²) in [5.74, 6) is 0. The van der Waals surface area contributed by atoms with Crippen LogP contribution in [0.2, 0.25) is 5.02 Å². The fourth-order valence-electron chi connectivity index (χ4n) is 2.35. The lowest BCUT2D eigenvalue weighted by Gasteiger charge is -2.34. The van der Waals surface area contributed by atoms with Crippen molar-refractivity contribution in [3.05, 3.63) is 27.7 Å². The summed E-state index contributed by atoms with van der Waals surface area (Å²) in [7, 11) is 0. The zero-order chi connectivity index (χ0) is 12.3. The van der Waals surface area contributed by atoms with Gasteiger partial charge in [-0.3, -0.25) is 0 Å². The number of anilines is 1. The van der Waals surface area contributed by atoms with Crippen LogP contribution in [0.5, 0.6) is 0 Å². The van der Waals surface area contributed by atoms with Crippen molar-refractivity contribution in [2.75, 3.05) is 24.5 Å².